The minimum atomic E-state index is -0.695. The van der Waals surface area contributed by atoms with E-state index < -0.39 is 23.6 Å². The average molecular weight is 729 g/mol. The lowest BCUT2D eigenvalue weighted by Gasteiger charge is -2.40. The molecule has 3 amide bonds. The summed E-state index contributed by atoms with van der Waals surface area (Å²) in [5.74, 6) is 0.452. The second-order valence-electron chi connectivity index (χ2n) is 16.0. The van der Waals surface area contributed by atoms with Crippen LogP contribution in [0.5, 0.6) is 5.75 Å². The summed E-state index contributed by atoms with van der Waals surface area (Å²) in [6.07, 6.45) is 8.54. The Morgan fingerprint density at radius 2 is 1.77 bits per heavy atom. The van der Waals surface area contributed by atoms with Crippen LogP contribution >= 0.6 is 0 Å². The largest absolute Gasteiger partial charge is 0.494 e. The van der Waals surface area contributed by atoms with Crippen molar-refractivity contribution in [3.8, 4) is 5.75 Å². The first-order chi connectivity index (χ1) is 25.3. The molecule has 1 aliphatic carbocycles. The molecule has 1 unspecified atom stereocenters. The fraction of sp³-hybridized carbons (Fsp3) is 0.564. The Morgan fingerprint density at radius 3 is 2.45 bits per heavy atom. The van der Waals surface area contributed by atoms with E-state index in [1.165, 1.54) is 0 Å². The van der Waals surface area contributed by atoms with Crippen LogP contribution in [-0.2, 0) is 21.4 Å². The number of hydrogen-bond acceptors (Lipinski definition) is 9. The number of imidazole rings is 1. The molecule has 0 bridgehead atoms. The highest BCUT2D eigenvalue weighted by atomic mass is 16.6. The smallest absolute Gasteiger partial charge is 0.412 e. The SMILES string of the molecule is COc1cc2nn(C3CCC(CN(C)C4CCN(c5cccc6c5n(C)c(=O)n6C5CCC(=O)NC5=O)CC4)CC3)cc2cc1NC(=O)OC(C)(C)C. The van der Waals surface area contributed by atoms with Crippen molar-refractivity contribution in [1.29, 1.82) is 0 Å². The van der Waals surface area contributed by atoms with E-state index in [4.69, 9.17) is 14.6 Å². The van der Waals surface area contributed by atoms with Crippen LogP contribution < -0.4 is 26.0 Å². The lowest BCUT2D eigenvalue weighted by Crippen LogP contribution is -2.45. The highest BCUT2D eigenvalue weighted by Gasteiger charge is 2.33. The topological polar surface area (TPSA) is 145 Å². The quantitative estimate of drug-likeness (QED) is 0.229. The second kappa shape index (κ2) is 14.5. The van der Waals surface area contributed by atoms with E-state index in [0.717, 1.165) is 85.8 Å². The van der Waals surface area contributed by atoms with Gasteiger partial charge in [0.25, 0.3) is 0 Å². The Hall–Kier alpha value is -4.85. The highest BCUT2D eigenvalue weighted by molar-refractivity contribution is 6.00. The van der Waals surface area contributed by atoms with Crippen molar-refractivity contribution in [1.82, 2.24) is 29.1 Å². The number of hydrogen-bond donors (Lipinski definition) is 2. The molecule has 2 aliphatic heterocycles. The number of amides is 3. The van der Waals surface area contributed by atoms with Crippen LogP contribution in [0.2, 0.25) is 0 Å². The maximum absolute atomic E-state index is 13.4. The number of nitrogens with zero attached hydrogens (tertiary/aromatic N) is 6. The zero-order valence-electron chi connectivity index (χ0n) is 31.7. The number of aryl methyl sites for hydroxylation is 1. The molecule has 14 heteroatoms. The van der Waals surface area contributed by atoms with Gasteiger partial charge >= 0.3 is 11.8 Å². The Labute approximate surface area is 309 Å². The van der Waals surface area contributed by atoms with Crippen molar-refractivity contribution in [3.63, 3.8) is 0 Å². The van der Waals surface area contributed by atoms with Crippen LogP contribution in [0.15, 0.2) is 41.3 Å². The van der Waals surface area contributed by atoms with E-state index in [0.29, 0.717) is 35.9 Å². The molecule has 0 radical (unpaired) electrons. The van der Waals surface area contributed by atoms with Gasteiger partial charge in [-0.05, 0) is 96.9 Å². The molecule has 7 rings (SSSR count). The zero-order chi connectivity index (χ0) is 37.6. The van der Waals surface area contributed by atoms with Crippen molar-refractivity contribution >= 4 is 51.2 Å². The lowest BCUT2D eigenvalue weighted by atomic mass is 9.85. The number of aromatic nitrogens is 4. The van der Waals surface area contributed by atoms with Gasteiger partial charge in [-0.15, -0.1) is 0 Å². The first-order valence-corrected chi connectivity index (χ1v) is 18.9. The van der Waals surface area contributed by atoms with Gasteiger partial charge in [-0.2, -0.15) is 5.10 Å². The molecule has 4 aromatic rings. The van der Waals surface area contributed by atoms with Crippen molar-refractivity contribution < 1.29 is 23.9 Å². The standard InChI is InChI=1S/C39H52N8O6/c1-39(2,3)53-37(50)40-29-20-25-23-46(42-28(25)21-33(29)52-6)27-12-10-24(11-13-27)22-43(4)26-16-18-45(19-17-26)30-8-7-9-31-35(30)44(5)38(51)47(31)32-14-15-34(48)41-36(32)49/h7-9,20-21,23-24,26-27,32H,10-19,22H2,1-6H3,(H,40,50)(H,41,48,49). The number of methoxy groups -OCH3 is 1. The van der Waals surface area contributed by atoms with Gasteiger partial charge in [0.15, 0.2) is 0 Å². The highest BCUT2D eigenvalue weighted by Crippen LogP contribution is 2.37. The van der Waals surface area contributed by atoms with Crippen LogP contribution in [0.3, 0.4) is 0 Å². The van der Waals surface area contributed by atoms with Crippen LogP contribution in [0, 0.1) is 5.92 Å². The summed E-state index contributed by atoms with van der Waals surface area (Å²) in [7, 11) is 5.60. The Kier molecular flexibility index (Phi) is 10.0. The van der Waals surface area contributed by atoms with Gasteiger partial charge in [0.2, 0.25) is 11.8 Å². The summed E-state index contributed by atoms with van der Waals surface area (Å²) in [4.78, 5) is 55.3. The molecule has 2 N–H and O–H groups in total. The lowest BCUT2D eigenvalue weighted by molar-refractivity contribution is -0.135. The van der Waals surface area contributed by atoms with Crippen molar-refractivity contribution in [2.24, 2.45) is 13.0 Å². The van der Waals surface area contributed by atoms with Gasteiger partial charge < -0.3 is 19.3 Å². The molecule has 3 aliphatic rings. The Bertz CT molecular complexity index is 2080. The molecule has 1 atom stereocenters. The third-order valence-corrected chi connectivity index (χ3v) is 11.2. The molecular weight excluding hydrogens is 676 g/mol. The van der Waals surface area contributed by atoms with E-state index in [1.54, 1.807) is 23.3 Å². The Morgan fingerprint density at radius 1 is 1.04 bits per heavy atom. The fourth-order valence-electron chi connectivity index (χ4n) is 8.54. The molecule has 53 heavy (non-hydrogen) atoms. The number of para-hydroxylation sites is 1. The number of anilines is 2. The number of imide groups is 1. The molecule has 2 aromatic heterocycles. The minimum absolute atomic E-state index is 0.220. The fourth-order valence-corrected chi connectivity index (χ4v) is 8.54. The van der Waals surface area contributed by atoms with E-state index in [-0.39, 0.29) is 18.0 Å². The Balaban J connectivity index is 0.942. The monoisotopic (exact) mass is 728 g/mol. The van der Waals surface area contributed by atoms with Gasteiger partial charge in [0.05, 0.1) is 41.1 Å². The van der Waals surface area contributed by atoms with Crippen LogP contribution in [0.25, 0.3) is 21.9 Å². The molecule has 2 aromatic carbocycles. The number of piperidine rings is 2. The van der Waals surface area contributed by atoms with Crippen LogP contribution in [0.4, 0.5) is 16.2 Å². The predicted molar refractivity (Wildman–Crippen MR) is 204 cm³/mol. The number of carbonyl (C=O) groups is 3. The molecule has 1 saturated carbocycles. The van der Waals surface area contributed by atoms with Crippen LogP contribution in [0.1, 0.15) is 84.2 Å². The van der Waals surface area contributed by atoms with Crippen LogP contribution in [-0.4, -0.2) is 87.2 Å². The van der Waals surface area contributed by atoms with E-state index >= 15 is 0 Å². The summed E-state index contributed by atoms with van der Waals surface area (Å²) in [5.41, 5.74) is 3.10. The van der Waals surface area contributed by atoms with Crippen molar-refractivity contribution in [2.75, 3.05) is 44.0 Å². The van der Waals surface area contributed by atoms with Gasteiger partial charge in [-0.1, -0.05) is 6.07 Å². The van der Waals surface area contributed by atoms with Gasteiger partial charge in [0, 0.05) is 56.8 Å². The molecule has 2 saturated heterocycles. The first kappa shape index (κ1) is 36.5. The van der Waals surface area contributed by atoms with E-state index in [2.05, 4.69) is 44.4 Å². The second-order valence-corrected chi connectivity index (χ2v) is 16.0. The number of rotatable bonds is 8. The third-order valence-electron chi connectivity index (χ3n) is 11.2. The summed E-state index contributed by atoms with van der Waals surface area (Å²) in [6.45, 7) is 8.32. The maximum Gasteiger partial charge on any atom is 0.412 e. The minimum Gasteiger partial charge on any atom is -0.494 e. The van der Waals surface area contributed by atoms with Crippen molar-refractivity contribution in [3.05, 3.63) is 47.0 Å². The van der Waals surface area contributed by atoms with Gasteiger partial charge in [-0.3, -0.25) is 34.0 Å². The third kappa shape index (κ3) is 7.51. The molecular formula is C39H52N8O6. The van der Waals surface area contributed by atoms with Crippen molar-refractivity contribution in [2.45, 2.75) is 95.9 Å². The summed E-state index contributed by atoms with van der Waals surface area (Å²) in [5, 5.41) is 11.1. The maximum atomic E-state index is 13.4. The number of ether oxygens (including phenoxy) is 2. The summed E-state index contributed by atoms with van der Waals surface area (Å²) >= 11 is 0. The molecule has 4 heterocycles. The summed E-state index contributed by atoms with van der Waals surface area (Å²) < 4.78 is 16.3. The normalized spacial score (nSPS) is 21.7. The molecule has 0 spiro atoms. The number of nitrogens with one attached hydrogen (secondary N) is 2. The molecule has 3 fully saturated rings. The average Bonchev–Trinajstić information content (AvgIpc) is 3.64. The predicted octanol–water partition coefficient (Wildman–Crippen LogP) is 5.36. The number of benzene rings is 2. The number of carbonyl (C=O) groups excluding carboxylic acids is 3. The van der Waals surface area contributed by atoms with E-state index in [9.17, 15) is 19.2 Å². The molecule has 284 valence electrons. The molecule has 14 nitrogen and oxygen atoms in total. The number of fused-ring (bicyclic) bond motifs is 2. The van der Waals surface area contributed by atoms with E-state index in [1.807, 2.05) is 45.0 Å². The summed E-state index contributed by atoms with van der Waals surface area (Å²) in [6, 6.07) is 9.79. The van der Waals surface area contributed by atoms with Gasteiger partial charge in [0.1, 0.15) is 17.4 Å². The van der Waals surface area contributed by atoms with Gasteiger partial charge in [-0.25, -0.2) is 9.59 Å². The zero-order valence-corrected chi connectivity index (χ0v) is 31.7. The first-order valence-electron chi connectivity index (χ1n) is 18.9.